The molecule has 2 rings (SSSR count). The van der Waals surface area contributed by atoms with E-state index in [0.29, 0.717) is 0 Å². The molecule has 0 radical (unpaired) electrons. The van der Waals surface area contributed by atoms with Crippen molar-refractivity contribution in [3.63, 3.8) is 0 Å². The van der Waals surface area contributed by atoms with Crippen LogP contribution in [-0.4, -0.2) is 0 Å². The number of nitriles is 1. The zero-order valence-electron chi connectivity index (χ0n) is 14.3. The van der Waals surface area contributed by atoms with Crippen molar-refractivity contribution >= 4 is 0 Å². The summed E-state index contributed by atoms with van der Waals surface area (Å²) in [5.41, 5.74) is 0. The molecule has 0 amide bonds. The first-order valence-electron chi connectivity index (χ1n) is 9.54. The van der Waals surface area contributed by atoms with Crippen molar-refractivity contribution < 1.29 is 0 Å². The number of rotatable bonds is 6. The highest BCUT2D eigenvalue weighted by Crippen LogP contribution is 2.42. The Morgan fingerprint density at radius 2 is 1.45 bits per heavy atom. The molecule has 0 aromatic carbocycles. The summed E-state index contributed by atoms with van der Waals surface area (Å²) in [5.74, 6) is 4.09. The minimum atomic E-state index is 0.952. The highest BCUT2D eigenvalue weighted by molar-refractivity contribution is 5.11. The lowest BCUT2D eigenvalue weighted by atomic mass is 9.68. The van der Waals surface area contributed by atoms with Crippen molar-refractivity contribution in [1.29, 1.82) is 5.26 Å². The van der Waals surface area contributed by atoms with Crippen LogP contribution in [0, 0.1) is 35.0 Å². The second-order valence-corrected chi connectivity index (χ2v) is 7.46. The molecule has 122 valence electrons. The summed E-state index contributed by atoms with van der Waals surface area (Å²) in [6.07, 6.45) is 23.4. The fourth-order valence-electron chi connectivity index (χ4n) is 4.62. The molecule has 0 aliphatic heterocycles. The summed E-state index contributed by atoms with van der Waals surface area (Å²) >= 11 is 0. The topological polar surface area (TPSA) is 23.8 Å². The summed E-state index contributed by atoms with van der Waals surface area (Å²) in [6.45, 7) is 2.36. The minimum Gasteiger partial charge on any atom is -0.193 e. The Labute approximate surface area is 137 Å². The van der Waals surface area contributed by atoms with Gasteiger partial charge in [-0.15, -0.1) is 0 Å². The van der Waals surface area contributed by atoms with Crippen molar-refractivity contribution in [2.24, 2.45) is 23.7 Å². The number of hydrogen-bond donors (Lipinski definition) is 0. The van der Waals surface area contributed by atoms with Gasteiger partial charge in [-0.3, -0.25) is 0 Å². The van der Waals surface area contributed by atoms with E-state index in [4.69, 9.17) is 5.26 Å². The molecular formula is C21H33N. The van der Waals surface area contributed by atoms with E-state index in [0.717, 1.165) is 23.7 Å². The van der Waals surface area contributed by atoms with Gasteiger partial charge in [0, 0.05) is 6.08 Å². The van der Waals surface area contributed by atoms with Gasteiger partial charge in [-0.1, -0.05) is 57.3 Å². The van der Waals surface area contributed by atoms with Crippen LogP contribution in [0.5, 0.6) is 0 Å². The van der Waals surface area contributed by atoms with Crippen molar-refractivity contribution in [3.8, 4) is 6.07 Å². The molecule has 0 aromatic rings. The van der Waals surface area contributed by atoms with Gasteiger partial charge in [-0.2, -0.15) is 5.26 Å². The van der Waals surface area contributed by atoms with E-state index in [-0.39, 0.29) is 0 Å². The first kappa shape index (κ1) is 17.3. The quantitative estimate of drug-likeness (QED) is 0.410. The maximum absolute atomic E-state index is 8.42. The molecule has 0 unspecified atom stereocenters. The molecule has 0 bridgehead atoms. The molecule has 2 aliphatic rings. The Morgan fingerprint density at radius 1 is 0.864 bits per heavy atom. The van der Waals surface area contributed by atoms with Gasteiger partial charge in [0.2, 0.25) is 0 Å². The lowest BCUT2D eigenvalue weighted by Gasteiger charge is -2.37. The summed E-state index contributed by atoms with van der Waals surface area (Å²) in [6, 6.07) is 2.02. The van der Waals surface area contributed by atoms with Gasteiger partial charge < -0.3 is 0 Å². The van der Waals surface area contributed by atoms with Gasteiger partial charge in [0.1, 0.15) is 0 Å². The SMILES string of the molecule is CCC1CCC(C2CCC(CCC=CC=CC#N)CC2)CC1. The minimum absolute atomic E-state index is 0.952. The molecule has 0 saturated heterocycles. The van der Waals surface area contributed by atoms with E-state index in [1.165, 1.54) is 76.7 Å². The van der Waals surface area contributed by atoms with Crippen molar-refractivity contribution in [1.82, 2.24) is 0 Å². The van der Waals surface area contributed by atoms with Gasteiger partial charge in [0.25, 0.3) is 0 Å². The third kappa shape index (κ3) is 5.64. The van der Waals surface area contributed by atoms with Crippen LogP contribution in [-0.2, 0) is 0 Å². The fourth-order valence-corrected chi connectivity index (χ4v) is 4.62. The maximum Gasteiger partial charge on any atom is 0.0912 e. The summed E-state index contributed by atoms with van der Waals surface area (Å²) in [7, 11) is 0. The van der Waals surface area contributed by atoms with E-state index in [2.05, 4.69) is 13.0 Å². The highest BCUT2D eigenvalue weighted by atomic mass is 14.4. The molecule has 1 nitrogen and oxygen atoms in total. The highest BCUT2D eigenvalue weighted by Gasteiger charge is 2.30. The van der Waals surface area contributed by atoms with E-state index in [1.54, 1.807) is 0 Å². The number of hydrogen-bond acceptors (Lipinski definition) is 1. The second-order valence-electron chi connectivity index (χ2n) is 7.46. The van der Waals surface area contributed by atoms with E-state index < -0.39 is 0 Å². The van der Waals surface area contributed by atoms with E-state index in [1.807, 2.05) is 18.2 Å². The molecule has 2 saturated carbocycles. The Balaban J connectivity index is 1.61. The lowest BCUT2D eigenvalue weighted by Crippen LogP contribution is -2.25. The van der Waals surface area contributed by atoms with Gasteiger partial charge in [0.05, 0.1) is 6.07 Å². The van der Waals surface area contributed by atoms with Crippen molar-refractivity contribution in [2.75, 3.05) is 0 Å². The molecule has 0 aromatic heterocycles. The Bertz CT molecular complexity index is 385. The zero-order valence-corrected chi connectivity index (χ0v) is 14.3. The third-order valence-electron chi connectivity index (χ3n) is 6.19. The van der Waals surface area contributed by atoms with Crippen LogP contribution in [0.2, 0.25) is 0 Å². The van der Waals surface area contributed by atoms with Gasteiger partial charge in [-0.25, -0.2) is 0 Å². The summed E-state index contributed by atoms with van der Waals surface area (Å²) in [4.78, 5) is 0. The van der Waals surface area contributed by atoms with Gasteiger partial charge >= 0.3 is 0 Å². The van der Waals surface area contributed by atoms with Crippen LogP contribution in [0.4, 0.5) is 0 Å². The van der Waals surface area contributed by atoms with Crippen molar-refractivity contribution in [2.45, 2.75) is 77.6 Å². The first-order chi connectivity index (χ1) is 10.8. The van der Waals surface area contributed by atoms with Crippen molar-refractivity contribution in [3.05, 3.63) is 24.3 Å². The largest absolute Gasteiger partial charge is 0.193 e. The van der Waals surface area contributed by atoms with Crippen LogP contribution in [0.1, 0.15) is 77.6 Å². The summed E-state index contributed by atoms with van der Waals surface area (Å²) < 4.78 is 0. The van der Waals surface area contributed by atoms with Gasteiger partial charge in [-0.05, 0) is 62.2 Å². The maximum atomic E-state index is 8.42. The Morgan fingerprint density at radius 3 is 2.00 bits per heavy atom. The average molecular weight is 300 g/mol. The zero-order chi connectivity index (χ0) is 15.6. The van der Waals surface area contributed by atoms with E-state index in [9.17, 15) is 0 Å². The van der Waals surface area contributed by atoms with Crippen LogP contribution in [0.15, 0.2) is 24.3 Å². The average Bonchev–Trinajstić information content (AvgIpc) is 2.59. The normalized spacial score (nSPS) is 33.3. The standard InChI is InChI=1S/C21H33N/c1-2-18-9-13-20(14-10-18)21-15-11-19(12-16-21)8-6-4-3-5-7-17-22/h3-5,7,18-21H,2,6,8-16H2,1H3. The molecule has 1 heteroatoms. The predicted octanol–water partition coefficient (Wildman–Crippen LogP) is 6.43. The lowest BCUT2D eigenvalue weighted by molar-refractivity contribution is 0.143. The Hall–Kier alpha value is -1.03. The molecule has 2 fully saturated rings. The molecule has 2 aliphatic carbocycles. The van der Waals surface area contributed by atoms with Crippen LogP contribution in [0.25, 0.3) is 0 Å². The van der Waals surface area contributed by atoms with Crippen LogP contribution < -0.4 is 0 Å². The molecule has 0 spiro atoms. The third-order valence-corrected chi connectivity index (χ3v) is 6.19. The first-order valence-corrected chi connectivity index (χ1v) is 9.54. The number of allylic oxidation sites excluding steroid dienone is 4. The smallest absolute Gasteiger partial charge is 0.0912 e. The molecule has 0 N–H and O–H groups in total. The van der Waals surface area contributed by atoms with Gasteiger partial charge in [0.15, 0.2) is 0 Å². The van der Waals surface area contributed by atoms with Crippen LogP contribution in [0.3, 0.4) is 0 Å². The molecule has 22 heavy (non-hydrogen) atoms. The predicted molar refractivity (Wildman–Crippen MR) is 94.3 cm³/mol. The molecule has 0 atom stereocenters. The monoisotopic (exact) mass is 299 g/mol. The second kappa shape index (κ2) is 9.88. The number of nitrogens with zero attached hydrogens (tertiary/aromatic N) is 1. The Kier molecular flexibility index (Phi) is 7.78. The van der Waals surface area contributed by atoms with E-state index >= 15 is 0 Å². The summed E-state index contributed by atoms with van der Waals surface area (Å²) in [5, 5.41) is 8.42. The van der Waals surface area contributed by atoms with Crippen LogP contribution >= 0.6 is 0 Å². The molecule has 0 heterocycles. The fraction of sp³-hybridized carbons (Fsp3) is 0.762. The molecular weight excluding hydrogens is 266 g/mol.